The molecule has 4 aromatic heterocycles. The van der Waals surface area contributed by atoms with Gasteiger partial charge in [-0.15, -0.1) is 0 Å². The van der Waals surface area contributed by atoms with Crippen LogP contribution in [0.5, 0.6) is 23.0 Å². The van der Waals surface area contributed by atoms with Gasteiger partial charge in [0.05, 0.1) is 64.7 Å². The van der Waals surface area contributed by atoms with Gasteiger partial charge in [-0.25, -0.2) is 27.7 Å². The first-order valence-electron chi connectivity index (χ1n) is 14.6. The molecule has 6 rings (SSSR count). The summed E-state index contributed by atoms with van der Waals surface area (Å²) < 4.78 is 44.8. The highest BCUT2D eigenvalue weighted by molar-refractivity contribution is 5.90. The third-order valence-electron chi connectivity index (χ3n) is 6.53. The summed E-state index contributed by atoms with van der Waals surface area (Å²) in [7, 11) is 0. The number of carbonyl (C=O) groups excluding carboxylic acids is 1. The molecule has 0 saturated heterocycles. The molecule has 264 valence electrons. The minimum atomic E-state index is -1.39. The van der Waals surface area contributed by atoms with Crippen LogP contribution in [0.1, 0.15) is 27.9 Å². The van der Waals surface area contributed by atoms with Gasteiger partial charge < -0.3 is 19.3 Å². The van der Waals surface area contributed by atoms with Crippen LogP contribution in [0.2, 0.25) is 0 Å². The lowest BCUT2D eigenvalue weighted by Gasteiger charge is -2.06. The Balaban J connectivity index is 0.000000202. The molecule has 0 unspecified atom stereocenters. The van der Waals surface area contributed by atoms with E-state index in [4.69, 9.17) is 14.2 Å². The van der Waals surface area contributed by atoms with Crippen LogP contribution >= 0.6 is 0 Å². The van der Waals surface area contributed by atoms with Crippen molar-refractivity contribution in [2.75, 3.05) is 6.61 Å². The molecule has 0 bridgehead atoms. The van der Waals surface area contributed by atoms with Crippen LogP contribution in [0.15, 0.2) is 97.8 Å². The van der Waals surface area contributed by atoms with Crippen LogP contribution in [0.4, 0.5) is 20.2 Å². The number of aromatic nitrogens is 6. The first-order valence-corrected chi connectivity index (χ1v) is 14.6. The lowest BCUT2D eigenvalue weighted by Crippen LogP contribution is -2.08. The van der Waals surface area contributed by atoms with Crippen molar-refractivity contribution >= 4 is 23.3 Å². The monoisotopic (exact) mass is 716 g/mol. The second kappa shape index (κ2) is 15.7. The smallest absolute Gasteiger partial charge is 0.362 e. The minimum Gasteiger partial charge on any atom is -0.476 e. The molecule has 20 heteroatoms. The summed E-state index contributed by atoms with van der Waals surface area (Å²) in [6, 6.07) is 12.2. The first-order chi connectivity index (χ1) is 24.9. The van der Waals surface area contributed by atoms with Crippen LogP contribution in [0.3, 0.4) is 0 Å². The van der Waals surface area contributed by atoms with Crippen molar-refractivity contribution in [2.24, 2.45) is 0 Å². The van der Waals surface area contributed by atoms with Crippen molar-refractivity contribution in [2.45, 2.75) is 6.92 Å². The molecule has 0 radical (unpaired) electrons. The van der Waals surface area contributed by atoms with E-state index in [0.717, 1.165) is 30.3 Å². The number of halogens is 2. The molecule has 0 aliphatic heterocycles. The standard InChI is InChI=1S/C17H13FN4O5.C15H9FN4O5/c1-2-26-17(23)16-15(10-21(20-16)12-4-3-7-19-9-12)27-14-6-5-11(18)8-13(14)22(24)25;16-9-3-4-12(11(6-9)20(23)24)25-13-8-19(18-14(13)15(21)22)10-2-1-5-17-7-10/h3-10H,2H2,1H3;1-8H,(H,21,22). The Kier molecular flexibility index (Phi) is 10.8. The number of esters is 1. The Morgan fingerprint density at radius 2 is 1.21 bits per heavy atom. The van der Waals surface area contributed by atoms with Gasteiger partial charge >= 0.3 is 23.3 Å². The first kappa shape index (κ1) is 35.7. The van der Waals surface area contributed by atoms with Gasteiger partial charge in [0.2, 0.25) is 22.9 Å². The predicted octanol–water partition coefficient (Wildman–Crippen LogP) is 6.09. The summed E-state index contributed by atoms with van der Waals surface area (Å²) in [5, 5.41) is 39.4. The van der Waals surface area contributed by atoms with Gasteiger partial charge in [-0.2, -0.15) is 10.2 Å². The molecule has 0 aliphatic rings. The Morgan fingerprint density at radius 1 is 0.750 bits per heavy atom. The lowest BCUT2D eigenvalue weighted by atomic mass is 10.3. The van der Waals surface area contributed by atoms with Crippen LogP contribution in [-0.4, -0.2) is 63.0 Å². The topological polar surface area (TPSA) is 230 Å². The summed E-state index contributed by atoms with van der Waals surface area (Å²) in [6.07, 6.45) is 8.65. The van der Waals surface area contributed by atoms with Crippen molar-refractivity contribution < 1.29 is 47.5 Å². The van der Waals surface area contributed by atoms with Crippen LogP contribution in [0, 0.1) is 31.9 Å². The van der Waals surface area contributed by atoms with Crippen molar-refractivity contribution in [1.82, 2.24) is 29.5 Å². The van der Waals surface area contributed by atoms with E-state index in [1.165, 1.54) is 40.3 Å². The number of nitro benzene ring substituents is 2. The van der Waals surface area contributed by atoms with Crippen LogP contribution < -0.4 is 9.47 Å². The number of benzene rings is 2. The summed E-state index contributed by atoms with van der Waals surface area (Å²) in [4.78, 5) is 52.0. The Bertz CT molecular complexity index is 2270. The number of ether oxygens (including phenoxy) is 3. The molecule has 0 atom stereocenters. The molecule has 0 fully saturated rings. The fourth-order valence-corrected chi connectivity index (χ4v) is 4.27. The Labute approximate surface area is 289 Å². The summed E-state index contributed by atoms with van der Waals surface area (Å²) in [6.45, 7) is 1.73. The maximum Gasteiger partial charge on any atom is 0.362 e. The van der Waals surface area contributed by atoms with Crippen molar-refractivity contribution in [3.8, 4) is 34.4 Å². The quantitative estimate of drug-likeness (QED) is 0.0909. The zero-order valence-corrected chi connectivity index (χ0v) is 26.4. The molecule has 0 spiro atoms. The van der Waals surface area contributed by atoms with Gasteiger partial charge in [-0.05, 0) is 55.5 Å². The third kappa shape index (κ3) is 8.31. The zero-order chi connectivity index (χ0) is 37.4. The molecule has 2 aromatic carbocycles. The van der Waals surface area contributed by atoms with Crippen LogP contribution in [-0.2, 0) is 4.74 Å². The van der Waals surface area contributed by atoms with E-state index in [2.05, 4.69) is 20.2 Å². The maximum atomic E-state index is 13.3. The van der Waals surface area contributed by atoms with Gasteiger partial charge in [-0.1, -0.05) is 0 Å². The molecule has 6 aromatic rings. The number of nitrogens with zero attached hydrogens (tertiary/aromatic N) is 8. The molecular weight excluding hydrogens is 694 g/mol. The average Bonchev–Trinajstić information content (AvgIpc) is 3.76. The third-order valence-corrected chi connectivity index (χ3v) is 6.53. The van der Waals surface area contributed by atoms with Gasteiger partial charge in [0.1, 0.15) is 11.6 Å². The zero-order valence-electron chi connectivity index (χ0n) is 26.4. The Morgan fingerprint density at radius 3 is 1.62 bits per heavy atom. The van der Waals surface area contributed by atoms with Gasteiger partial charge in [0.25, 0.3) is 0 Å². The molecule has 18 nitrogen and oxygen atoms in total. The highest BCUT2D eigenvalue weighted by atomic mass is 19.1. The lowest BCUT2D eigenvalue weighted by molar-refractivity contribution is -0.385. The van der Waals surface area contributed by atoms with Crippen molar-refractivity contribution in [3.05, 3.63) is 141 Å². The second-order valence-corrected chi connectivity index (χ2v) is 9.96. The number of aromatic carboxylic acids is 1. The van der Waals surface area contributed by atoms with Crippen molar-refractivity contribution in [1.29, 1.82) is 0 Å². The molecule has 0 amide bonds. The SMILES string of the molecule is CCOC(=O)c1nn(-c2cccnc2)cc1Oc1ccc(F)cc1[N+](=O)[O-].O=C(O)c1nn(-c2cccnc2)cc1Oc1ccc(F)cc1[N+](=O)[O-]. The summed E-state index contributed by atoms with van der Waals surface area (Å²) in [5.41, 5.74) is -0.855. The number of rotatable bonds is 11. The van der Waals surface area contributed by atoms with E-state index in [1.807, 2.05) is 0 Å². The number of carboxylic acid groups (broad SMARTS) is 1. The number of hydrogen-bond acceptors (Lipinski definition) is 13. The molecule has 4 heterocycles. The van der Waals surface area contributed by atoms with Crippen LogP contribution in [0.25, 0.3) is 11.4 Å². The fourth-order valence-electron chi connectivity index (χ4n) is 4.27. The van der Waals surface area contributed by atoms with E-state index < -0.39 is 50.5 Å². The average molecular weight is 717 g/mol. The maximum absolute atomic E-state index is 13.3. The highest BCUT2D eigenvalue weighted by Gasteiger charge is 2.25. The second-order valence-electron chi connectivity index (χ2n) is 9.96. The van der Waals surface area contributed by atoms with Gasteiger partial charge in [-0.3, -0.25) is 30.2 Å². The van der Waals surface area contributed by atoms with E-state index in [1.54, 1.807) is 37.4 Å². The summed E-state index contributed by atoms with van der Waals surface area (Å²) >= 11 is 0. The normalized spacial score (nSPS) is 10.4. The van der Waals surface area contributed by atoms with E-state index in [0.29, 0.717) is 17.4 Å². The fraction of sp³-hybridized carbons (Fsp3) is 0.0625. The van der Waals surface area contributed by atoms with E-state index in [-0.39, 0.29) is 35.3 Å². The van der Waals surface area contributed by atoms with Gasteiger partial charge in [0, 0.05) is 12.4 Å². The molecule has 1 N–H and O–H groups in total. The van der Waals surface area contributed by atoms with E-state index in [9.17, 15) is 43.7 Å². The van der Waals surface area contributed by atoms with E-state index >= 15 is 0 Å². The highest BCUT2D eigenvalue weighted by Crippen LogP contribution is 2.35. The predicted molar refractivity (Wildman–Crippen MR) is 172 cm³/mol. The number of pyridine rings is 2. The number of nitro groups is 2. The number of carboxylic acids is 1. The molecule has 52 heavy (non-hydrogen) atoms. The summed E-state index contributed by atoms with van der Waals surface area (Å²) in [5.74, 6) is -4.60. The molecule has 0 aliphatic carbocycles. The Hall–Kier alpha value is -7.64. The minimum absolute atomic E-state index is 0.0768. The number of carbonyl (C=O) groups is 2. The molecular formula is C32H22F2N8O10. The van der Waals surface area contributed by atoms with Gasteiger partial charge in [0.15, 0.2) is 11.5 Å². The molecule has 0 saturated carbocycles. The van der Waals surface area contributed by atoms with Crippen molar-refractivity contribution in [3.63, 3.8) is 0 Å². The largest absolute Gasteiger partial charge is 0.476 e. The number of hydrogen-bond donors (Lipinski definition) is 1.